The van der Waals surface area contributed by atoms with Crippen LogP contribution in [0.2, 0.25) is 15.1 Å². The van der Waals surface area contributed by atoms with Crippen molar-refractivity contribution in [1.82, 2.24) is 10.2 Å². The second-order valence-electron chi connectivity index (χ2n) is 6.70. The summed E-state index contributed by atoms with van der Waals surface area (Å²) in [7, 11) is 0. The number of thiocarbonyl (C=S) groups is 1. The van der Waals surface area contributed by atoms with E-state index >= 15 is 0 Å². The van der Waals surface area contributed by atoms with Crippen molar-refractivity contribution in [2.24, 2.45) is 0 Å². The van der Waals surface area contributed by atoms with Crippen LogP contribution >= 0.6 is 47.0 Å². The molecule has 2 N–H and O–H groups in total. The molecule has 0 aliphatic carbocycles. The predicted octanol–water partition coefficient (Wildman–Crippen LogP) is 4.44. The Morgan fingerprint density at radius 1 is 0.933 bits per heavy atom. The predicted molar refractivity (Wildman–Crippen MR) is 126 cm³/mol. The molecule has 0 aromatic heterocycles. The standard InChI is InChI=1S/C20H19Cl3N4O2S/c1-12(28)26-6-8-27(9-7-26)18-5-3-14(11-17(18)23)24-20(30)25-19(29)13-2-4-15(21)16(22)10-13/h2-5,10-11H,6-9H2,1H3,(H2,24,25,29,30). The van der Waals surface area contributed by atoms with Crippen LogP contribution in [0.1, 0.15) is 17.3 Å². The lowest BCUT2D eigenvalue weighted by atomic mass is 10.2. The van der Waals surface area contributed by atoms with Crippen molar-refractivity contribution in [1.29, 1.82) is 0 Å². The molecule has 3 rings (SSSR count). The van der Waals surface area contributed by atoms with Crippen LogP contribution < -0.4 is 15.5 Å². The zero-order chi connectivity index (χ0) is 21.8. The van der Waals surface area contributed by atoms with Gasteiger partial charge in [-0.25, -0.2) is 0 Å². The number of anilines is 2. The zero-order valence-corrected chi connectivity index (χ0v) is 19.1. The Morgan fingerprint density at radius 2 is 1.63 bits per heavy atom. The summed E-state index contributed by atoms with van der Waals surface area (Å²) in [5, 5.41) is 6.87. The minimum atomic E-state index is -0.405. The highest BCUT2D eigenvalue weighted by atomic mass is 35.5. The van der Waals surface area contributed by atoms with E-state index in [0.717, 1.165) is 5.69 Å². The van der Waals surface area contributed by atoms with Crippen molar-refractivity contribution >= 4 is 75.3 Å². The monoisotopic (exact) mass is 484 g/mol. The molecular formula is C20H19Cl3N4O2S. The molecule has 2 aromatic rings. The highest BCUT2D eigenvalue weighted by molar-refractivity contribution is 7.80. The SMILES string of the molecule is CC(=O)N1CCN(c2ccc(NC(=S)NC(=O)c3ccc(Cl)c(Cl)c3)cc2Cl)CC1. The van der Waals surface area contributed by atoms with E-state index in [0.29, 0.717) is 47.5 Å². The van der Waals surface area contributed by atoms with E-state index in [1.54, 1.807) is 25.1 Å². The first-order chi connectivity index (χ1) is 14.2. The summed E-state index contributed by atoms with van der Waals surface area (Å²) in [5.74, 6) is -0.325. The molecule has 1 saturated heterocycles. The van der Waals surface area contributed by atoms with Gasteiger partial charge in [-0.1, -0.05) is 34.8 Å². The van der Waals surface area contributed by atoms with E-state index in [2.05, 4.69) is 15.5 Å². The first kappa shape index (κ1) is 22.6. The minimum Gasteiger partial charge on any atom is -0.367 e. The maximum absolute atomic E-state index is 12.3. The van der Waals surface area contributed by atoms with Crippen LogP contribution in [0, 0.1) is 0 Å². The maximum atomic E-state index is 12.3. The molecule has 0 unspecified atom stereocenters. The first-order valence-electron chi connectivity index (χ1n) is 9.12. The minimum absolute atomic E-state index is 0.0803. The smallest absolute Gasteiger partial charge is 0.257 e. The molecule has 0 atom stereocenters. The summed E-state index contributed by atoms with van der Waals surface area (Å²) < 4.78 is 0. The van der Waals surface area contributed by atoms with Crippen LogP contribution in [-0.2, 0) is 4.79 Å². The molecule has 1 aliphatic rings. The van der Waals surface area contributed by atoms with E-state index in [1.165, 1.54) is 6.07 Å². The van der Waals surface area contributed by atoms with Gasteiger partial charge in [0.1, 0.15) is 0 Å². The van der Waals surface area contributed by atoms with Crippen molar-refractivity contribution in [3.63, 3.8) is 0 Å². The highest BCUT2D eigenvalue weighted by Crippen LogP contribution is 2.29. The van der Waals surface area contributed by atoms with Crippen molar-refractivity contribution in [2.45, 2.75) is 6.92 Å². The third-order valence-corrected chi connectivity index (χ3v) is 5.93. The molecule has 0 spiro atoms. The summed E-state index contributed by atoms with van der Waals surface area (Å²) in [6.07, 6.45) is 0. The molecule has 0 radical (unpaired) electrons. The topological polar surface area (TPSA) is 64.7 Å². The number of amides is 2. The van der Waals surface area contributed by atoms with Gasteiger partial charge < -0.3 is 15.1 Å². The summed E-state index contributed by atoms with van der Waals surface area (Å²) in [6.45, 7) is 4.33. The number of halogens is 3. The average molecular weight is 486 g/mol. The molecule has 6 nitrogen and oxygen atoms in total. The van der Waals surface area contributed by atoms with Crippen molar-refractivity contribution in [3.8, 4) is 0 Å². The number of benzene rings is 2. The maximum Gasteiger partial charge on any atom is 0.257 e. The van der Waals surface area contributed by atoms with E-state index in [9.17, 15) is 9.59 Å². The van der Waals surface area contributed by atoms with E-state index in [4.69, 9.17) is 47.0 Å². The van der Waals surface area contributed by atoms with Crippen molar-refractivity contribution < 1.29 is 9.59 Å². The molecule has 2 aromatic carbocycles. The lowest BCUT2D eigenvalue weighted by molar-refractivity contribution is -0.129. The largest absolute Gasteiger partial charge is 0.367 e. The number of carbonyl (C=O) groups is 2. The molecule has 0 bridgehead atoms. The number of hydrogen-bond acceptors (Lipinski definition) is 4. The van der Waals surface area contributed by atoms with Gasteiger partial charge in [-0.3, -0.25) is 14.9 Å². The Labute approximate surface area is 195 Å². The van der Waals surface area contributed by atoms with Gasteiger partial charge in [-0.2, -0.15) is 0 Å². The fourth-order valence-electron chi connectivity index (χ4n) is 3.08. The molecule has 30 heavy (non-hydrogen) atoms. The molecular weight excluding hydrogens is 467 g/mol. The van der Waals surface area contributed by atoms with Gasteiger partial charge in [0.2, 0.25) is 5.91 Å². The molecule has 0 saturated carbocycles. The lowest BCUT2D eigenvalue weighted by Crippen LogP contribution is -2.48. The fraction of sp³-hybridized carbons (Fsp3) is 0.250. The van der Waals surface area contributed by atoms with Crippen LogP contribution in [0.5, 0.6) is 0 Å². The van der Waals surface area contributed by atoms with Crippen LogP contribution in [0.3, 0.4) is 0 Å². The Hall–Kier alpha value is -2.06. The Morgan fingerprint density at radius 3 is 2.23 bits per heavy atom. The molecule has 1 aliphatic heterocycles. The molecule has 1 fully saturated rings. The van der Waals surface area contributed by atoms with Gasteiger partial charge in [0.25, 0.3) is 5.91 Å². The second kappa shape index (κ2) is 9.83. The van der Waals surface area contributed by atoms with Gasteiger partial charge >= 0.3 is 0 Å². The van der Waals surface area contributed by atoms with E-state index in [-0.39, 0.29) is 16.0 Å². The van der Waals surface area contributed by atoms with Gasteiger partial charge in [0.15, 0.2) is 5.11 Å². The fourth-order valence-corrected chi connectivity index (χ4v) is 3.89. The molecule has 10 heteroatoms. The third kappa shape index (κ3) is 5.55. The molecule has 1 heterocycles. The summed E-state index contributed by atoms with van der Waals surface area (Å²) >= 11 is 23.5. The van der Waals surface area contributed by atoms with E-state index in [1.807, 2.05) is 17.0 Å². The van der Waals surface area contributed by atoms with Crippen LogP contribution in [0.15, 0.2) is 36.4 Å². The van der Waals surface area contributed by atoms with E-state index < -0.39 is 5.91 Å². The number of rotatable bonds is 3. The van der Waals surface area contributed by atoms with Crippen LogP contribution in [-0.4, -0.2) is 48.0 Å². The first-order valence-corrected chi connectivity index (χ1v) is 10.7. The Bertz CT molecular complexity index is 994. The normalized spacial score (nSPS) is 13.7. The number of carbonyl (C=O) groups excluding carboxylic acids is 2. The quantitative estimate of drug-likeness (QED) is 0.629. The summed E-state index contributed by atoms with van der Waals surface area (Å²) in [6, 6.07) is 10.0. The number of nitrogens with zero attached hydrogens (tertiary/aromatic N) is 2. The van der Waals surface area contributed by atoms with Crippen molar-refractivity contribution in [2.75, 3.05) is 36.4 Å². The summed E-state index contributed by atoms with van der Waals surface area (Å²) in [5.41, 5.74) is 1.87. The average Bonchev–Trinajstić information content (AvgIpc) is 2.70. The molecule has 2 amide bonds. The van der Waals surface area contributed by atoms with Crippen LogP contribution in [0.25, 0.3) is 0 Å². The Balaban J connectivity index is 1.60. The van der Waals surface area contributed by atoms with Gasteiger partial charge in [0, 0.05) is 44.4 Å². The second-order valence-corrected chi connectivity index (χ2v) is 8.33. The number of piperazine rings is 1. The van der Waals surface area contributed by atoms with Gasteiger partial charge in [-0.15, -0.1) is 0 Å². The van der Waals surface area contributed by atoms with Gasteiger partial charge in [0.05, 0.1) is 20.8 Å². The molecule has 158 valence electrons. The Kier molecular flexibility index (Phi) is 7.41. The summed E-state index contributed by atoms with van der Waals surface area (Å²) in [4.78, 5) is 27.7. The lowest BCUT2D eigenvalue weighted by Gasteiger charge is -2.36. The third-order valence-electron chi connectivity index (χ3n) is 4.68. The van der Waals surface area contributed by atoms with Crippen molar-refractivity contribution in [3.05, 3.63) is 57.0 Å². The number of nitrogens with one attached hydrogen (secondary N) is 2. The van der Waals surface area contributed by atoms with Crippen LogP contribution in [0.4, 0.5) is 11.4 Å². The zero-order valence-electron chi connectivity index (χ0n) is 16.0. The number of hydrogen-bond donors (Lipinski definition) is 2. The van der Waals surface area contributed by atoms with Gasteiger partial charge in [-0.05, 0) is 48.6 Å². The highest BCUT2D eigenvalue weighted by Gasteiger charge is 2.20.